The molecule has 1 aliphatic rings. The smallest absolute Gasteiger partial charge is 0.401 e. The first kappa shape index (κ1) is 16.2. The minimum Gasteiger partial charge on any atom is -0.480 e. The minimum atomic E-state index is -4.23. The number of alkyl halides is 3. The molecule has 1 rings (SSSR count). The Balaban J connectivity index is 2.57. The van der Waals surface area contributed by atoms with Gasteiger partial charge >= 0.3 is 12.1 Å². The molecule has 1 aliphatic heterocycles. The molecule has 1 fully saturated rings. The van der Waals surface area contributed by atoms with Gasteiger partial charge in [0.2, 0.25) is 0 Å². The third-order valence-electron chi connectivity index (χ3n) is 3.45. The summed E-state index contributed by atoms with van der Waals surface area (Å²) >= 11 is 0. The summed E-state index contributed by atoms with van der Waals surface area (Å²) in [5.74, 6) is -0.399. The van der Waals surface area contributed by atoms with E-state index in [1.807, 2.05) is 13.8 Å². The number of carboxylic acid groups (broad SMARTS) is 1. The van der Waals surface area contributed by atoms with E-state index in [2.05, 4.69) is 5.32 Å². The Bertz CT molecular complexity index is 308. The minimum absolute atomic E-state index is 0.118. The number of piperidine rings is 1. The van der Waals surface area contributed by atoms with Gasteiger partial charge in [-0.15, -0.1) is 0 Å². The highest BCUT2D eigenvalue weighted by molar-refractivity contribution is 5.69. The number of hydrogen-bond donors (Lipinski definition) is 2. The second-order valence-electron chi connectivity index (χ2n) is 5.52. The van der Waals surface area contributed by atoms with Gasteiger partial charge in [-0.05, 0) is 18.3 Å². The van der Waals surface area contributed by atoms with E-state index in [1.54, 1.807) is 4.90 Å². The monoisotopic (exact) mass is 282 g/mol. The van der Waals surface area contributed by atoms with Crippen LogP contribution in [-0.4, -0.2) is 54.4 Å². The molecule has 2 N–H and O–H groups in total. The number of halogens is 3. The van der Waals surface area contributed by atoms with Crippen molar-refractivity contribution in [1.29, 1.82) is 0 Å². The number of likely N-dealkylation sites (tertiary alicyclic amines) is 1. The molecule has 0 radical (unpaired) electrons. The van der Waals surface area contributed by atoms with Crippen molar-refractivity contribution in [2.75, 3.05) is 26.2 Å². The third-order valence-corrected chi connectivity index (χ3v) is 3.45. The van der Waals surface area contributed by atoms with Crippen molar-refractivity contribution in [3.63, 3.8) is 0 Å². The Morgan fingerprint density at radius 1 is 1.42 bits per heavy atom. The molecular formula is C12H21F3N2O2. The average molecular weight is 282 g/mol. The number of nitrogens with zero attached hydrogens (tertiary/aromatic N) is 1. The lowest BCUT2D eigenvalue weighted by Crippen LogP contribution is -2.53. The van der Waals surface area contributed by atoms with Gasteiger partial charge in [-0.25, -0.2) is 0 Å². The zero-order chi connectivity index (χ0) is 14.6. The molecule has 0 aromatic carbocycles. The van der Waals surface area contributed by atoms with Crippen LogP contribution < -0.4 is 5.32 Å². The predicted molar refractivity (Wildman–Crippen MR) is 64.9 cm³/mol. The number of aliphatic carboxylic acids is 1. The summed E-state index contributed by atoms with van der Waals surface area (Å²) in [6, 6.07) is -0.304. The molecule has 1 saturated heterocycles. The number of nitrogens with one attached hydrogen (secondary N) is 1. The molecule has 19 heavy (non-hydrogen) atoms. The highest BCUT2D eigenvalue weighted by Crippen LogP contribution is 2.24. The molecule has 0 saturated carbocycles. The zero-order valence-electron chi connectivity index (χ0n) is 11.2. The molecule has 1 heterocycles. The van der Waals surface area contributed by atoms with Crippen LogP contribution in [0.1, 0.15) is 20.3 Å². The van der Waals surface area contributed by atoms with E-state index in [4.69, 9.17) is 5.11 Å². The quantitative estimate of drug-likeness (QED) is 0.803. The second-order valence-corrected chi connectivity index (χ2v) is 5.52. The molecule has 2 unspecified atom stereocenters. The Morgan fingerprint density at radius 3 is 2.53 bits per heavy atom. The SMILES string of the molecule is CC(C)C1CC(NCC(F)(F)F)CN(CC(=O)O)C1. The summed E-state index contributed by atoms with van der Waals surface area (Å²) in [4.78, 5) is 12.4. The maximum atomic E-state index is 12.2. The number of rotatable bonds is 5. The van der Waals surface area contributed by atoms with Crippen LogP contribution in [0, 0.1) is 11.8 Å². The van der Waals surface area contributed by atoms with Crippen molar-refractivity contribution in [1.82, 2.24) is 10.2 Å². The summed E-state index contributed by atoms with van der Waals surface area (Å²) in [5, 5.41) is 11.3. The Labute approximate surface area is 111 Å². The molecule has 4 nitrogen and oxygen atoms in total. The van der Waals surface area contributed by atoms with Crippen LogP contribution in [0.25, 0.3) is 0 Å². The molecule has 0 spiro atoms. The summed E-state index contributed by atoms with van der Waals surface area (Å²) < 4.78 is 36.6. The summed E-state index contributed by atoms with van der Waals surface area (Å²) in [5.41, 5.74) is 0. The van der Waals surface area contributed by atoms with Gasteiger partial charge in [-0.3, -0.25) is 9.69 Å². The van der Waals surface area contributed by atoms with E-state index >= 15 is 0 Å². The lowest BCUT2D eigenvalue weighted by Gasteiger charge is -2.39. The van der Waals surface area contributed by atoms with E-state index in [9.17, 15) is 18.0 Å². The molecule has 0 bridgehead atoms. The summed E-state index contributed by atoms with van der Waals surface area (Å²) in [6.45, 7) is 3.86. The Kier molecular flexibility index (Phi) is 5.61. The van der Waals surface area contributed by atoms with E-state index < -0.39 is 18.7 Å². The van der Waals surface area contributed by atoms with Crippen LogP contribution in [0.3, 0.4) is 0 Å². The fourth-order valence-corrected chi connectivity index (χ4v) is 2.44. The van der Waals surface area contributed by atoms with Gasteiger partial charge in [0, 0.05) is 19.1 Å². The molecule has 0 aromatic heterocycles. The molecule has 7 heteroatoms. The fourth-order valence-electron chi connectivity index (χ4n) is 2.44. The fraction of sp³-hybridized carbons (Fsp3) is 0.917. The zero-order valence-corrected chi connectivity index (χ0v) is 11.2. The van der Waals surface area contributed by atoms with Crippen LogP contribution in [0.4, 0.5) is 13.2 Å². The van der Waals surface area contributed by atoms with Gasteiger partial charge in [0.15, 0.2) is 0 Å². The standard InChI is InChI=1S/C12H21F3N2O2/c1-8(2)9-3-10(16-7-12(13,14)15)5-17(4-9)6-11(18)19/h8-10,16H,3-7H2,1-2H3,(H,18,19). The van der Waals surface area contributed by atoms with Gasteiger partial charge < -0.3 is 10.4 Å². The Morgan fingerprint density at radius 2 is 2.05 bits per heavy atom. The average Bonchev–Trinajstić information content (AvgIpc) is 2.24. The van der Waals surface area contributed by atoms with E-state index in [1.165, 1.54) is 0 Å². The van der Waals surface area contributed by atoms with Gasteiger partial charge in [-0.1, -0.05) is 13.8 Å². The highest BCUT2D eigenvalue weighted by Gasteiger charge is 2.33. The topological polar surface area (TPSA) is 52.6 Å². The first-order valence-corrected chi connectivity index (χ1v) is 6.41. The molecule has 0 aromatic rings. The first-order valence-electron chi connectivity index (χ1n) is 6.41. The van der Waals surface area contributed by atoms with Crippen LogP contribution in [0.15, 0.2) is 0 Å². The largest absolute Gasteiger partial charge is 0.480 e. The van der Waals surface area contributed by atoms with Crippen molar-refractivity contribution < 1.29 is 23.1 Å². The van der Waals surface area contributed by atoms with E-state index in [0.717, 1.165) is 0 Å². The van der Waals surface area contributed by atoms with E-state index in [-0.39, 0.29) is 18.5 Å². The van der Waals surface area contributed by atoms with Crippen LogP contribution >= 0.6 is 0 Å². The van der Waals surface area contributed by atoms with Crippen molar-refractivity contribution in [2.24, 2.45) is 11.8 Å². The highest BCUT2D eigenvalue weighted by atomic mass is 19.4. The lowest BCUT2D eigenvalue weighted by molar-refractivity contribution is -0.139. The summed E-state index contributed by atoms with van der Waals surface area (Å²) in [7, 11) is 0. The maximum Gasteiger partial charge on any atom is 0.401 e. The molecule has 0 aliphatic carbocycles. The van der Waals surface area contributed by atoms with E-state index in [0.29, 0.717) is 25.4 Å². The normalized spacial score (nSPS) is 25.8. The van der Waals surface area contributed by atoms with Crippen LogP contribution in [0.2, 0.25) is 0 Å². The van der Waals surface area contributed by atoms with Crippen molar-refractivity contribution in [3.8, 4) is 0 Å². The lowest BCUT2D eigenvalue weighted by atomic mass is 9.85. The van der Waals surface area contributed by atoms with Gasteiger partial charge in [0.05, 0.1) is 13.1 Å². The van der Waals surface area contributed by atoms with Crippen molar-refractivity contribution >= 4 is 5.97 Å². The second kappa shape index (κ2) is 6.56. The summed E-state index contributed by atoms with van der Waals surface area (Å²) in [6.07, 6.45) is -3.58. The first-order chi connectivity index (χ1) is 8.67. The number of carboxylic acids is 1. The molecular weight excluding hydrogens is 261 g/mol. The van der Waals surface area contributed by atoms with Crippen LogP contribution in [-0.2, 0) is 4.79 Å². The number of hydrogen-bond acceptors (Lipinski definition) is 3. The van der Waals surface area contributed by atoms with Crippen molar-refractivity contribution in [3.05, 3.63) is 0 Å². The Hall–Kier alpha value is -0.820. The predicted octanol–water partition coefficient (Wildman–Crippen LogP) is 1.57. The number of carbonyl (C=O) groups is 1. The van der Waals surface area contributed by atoms with Gasteiger partial charge in [0.25, 0.3) is 0 Å². The van der Waals surface area contributed by atoms with Gasteiger partial charge in [-0.2, -0.15) is 13.2 Å². The maximum absolute atomic E-state index is 12.2. The molecule has 2 atom stereocenters. The van der Waals surface area contributed by atoms with Gasteiger partial charge in [0.1, 0.15) is 0 Å². The third kappa shape index (κ3) is 6.24. The molecule has 112 valence electrons. The van der Waals surface area contributed by atoms with Crippen LogP contribution in [0.5, 0.6) is 0 Å². The molecule has 0 amide bonds. The van der Waals surface area contributed by atoms with Crippen molar-refractivity contribution in [2.45, 2.75) is 32.5 Å².